The van der Waals surface area contributed by atoms with Gasteiger partial charge in [-0.25, -0.2) is 9.59 Å². The topological polar surface area (TPSA) is 121 Å². The van der Waals surface area contributed by atoms with Crippen molar-refractivity contribution in [2.45, 2.75) is 0 Å². The van der Waals surface area contributed by atoms with Crippen LogP contribution in [0.15, 0.2) is 21.0 Å². The summed E-state index contributed by atoms with van der Waals surface area (Å²) in [5, 5.41) is 1.84. The van der Waals surface area contributed by atoms with Gasteiger partial charge in [0.25, 0.3) is 5.56 Å². The number of aromatic amines is 2. The van der Waals surface area contributed by atoms with Gasteiger partial charge in [0.1, 0.15) is 5.69 Å². The van der Waals surface area contributed by atoms with Gasteiger partial charge >= 0.3 is 11.7 Å². The SMILES string of the molecule is O=NOC(=O)c1cc(=O)[nH]c(=O)[nH]1. The summed E-state index contributed by atoms with van der Waals surface area (Å²) in [5.74, 6) is -1.20. The summed E-state index contributed by atoms with van der Waals surface area (Å²) in [7, 11) is 0. The fraction of sp³-hybridized carbons (Fsp3) is 0. The average Bonchev–Trinajstić information content (AvgIpc) is 2.03. The highest BCUT2D eigenvalue weighted by Crippen LogP contribution is 1.90. The normalized spacial score (nSPS) is 9.23. The number of rotatable bonds is 2. The van der Waals surface area contributed by atoms with E-state index >= 15 is 0 Å². The van der Waals surface area contributed by atoms with Gasteiger partial charge in [-0.05, 0) is 0 Å². The van der Waals surface area contributed by atoms with Crippen LogP contribution < -0.4 is 11.2 Å². The minimum atomic E-state index is -1.20. The molecular weight excluding hydrogens is 182 g/mol. The summed E-state index contributed by atoms with van der Waals surface area (Å²) in [6.07, 6.45) is 0. The molecule has 68 valence electrons. The number of H-pyrrole nitrogens is 2. The Morgan fingerprint density at radius 3 is 2.62 bits per heavy atom. The van der Waals surface area contributed by atoms with Gasteiger partial charge in [0, 0.05) is 6.07 Å². The minimum Gasteiger partial charge on any atom is -0.301 e. The fourth-order valence-electron chi connectivity index (χ4n) is 0.662. The number of aromatic nitrogens is 2. The molecule has 1 heterocycles. The van der Waals surface area contributed by atoms with E-state index in [-0.39, 0.29) is 0 Å². The number of nitrogens with zero attached hydrogens (tertiary/aromatic N) is 1. The van der Waals surface area contributed by atoms with E-state index < -0.39 is 22.9 Å². The summed E-state index contributed by atoms with van der Waals surface area (Å²) in [5.41, 5.74) is -2.08. The maximum Gasteiger partial charge on any atom is 0.385 e. The zero-order chi connectivity index (χ0) is 9.84. The van der Waals surface area contributed by atoms with Crippen molar-refractivity contribution >= 4 is 5.97 Å². The molecule has 13 heavy (non-hydrogen) atoms. The number of hydrogen-bond acceptors (Lipinski definition) is 6. The number of carbonyl (C=O) groups excluding carboxylic acids is 1. The maximum absolute atomic E-state index is 10.7. The Balaban J connectivity index is 3.15. The van der Waals surface area contributed by atoms with Crippen LogP contribution in [0.1, 0.15) is 10.5 Å². The second kappa shape index (κ2) is 3.43. The van der Waals surface area contributed by atoms with Crippen LogP contribution in [0.5, 0.6) is 0 Å². The van der Waals surface area contributed by atoms with E-state index in [1.807, 2.05) is 15.3 Å². The predicted molar refractivity (Wildman–Crippen MR) is 38.9 cm³/mol. The van der Waals surface area contributed by atoms with Crippen molar-refractivity contribution in [1.29, 1.82) is 0 Å². The van der Waals surface area contributed by atoms with E-state index in [1.54, 1.807) is 0 Å². The third kappa shape index (κ3) is 2.09. The lowest BCUT2D eigenvalue weighted by Gasteiger charge is -1.92. The summed E-state index contributed by atoms with van der Waals surface area (Å²) in [6.45, 7) is 0. The molecule has 0 amide bonds. The van der Waals surface area contributed by atoms with Crippen LogP contribution in [0.2, 0.25) is 0 Å². The Bertz CT molecular complexity index is 416. The second-order valence-electron chi connectivity index (χ2n) is 1.95. The van der Waals surface area contributed by atoms with Crippen molar-refractivity contribution in [2.24, 2.45) is 5.34 Å². The molecule has 0 saturated carbocycles. The summed E-state index contributed by atoms with van der Waals surface area (Å²) < 4.78 is 0. The molecule has 0 bridgehead atoms. The van der Waals surface area contributed by atoms with Crippen LogP contribution in [0.25, 0.3) is 0 Å². The highest BCUT2D eigenvalue weighted by molar-refractivity contribution is 5.86. The van der Waals surface area contributed by atoms with E-state index in [0.29, 0.717) is 0 Å². The van der Waals surface area contributed by atoms with Crippen molar-refractivity contribution in [2.75, 3.05) is 0 Å². The molecule has 2 N–H and O–H groups in total. The second-order valence-corrected chi connectivity index (χ2v) is 1.95. The number of nitrogens with one attached hydrogen (secondary N) is 2. The van der Waals surface area contributed by atoms with Crippen molar-refractivity contribution in [3.05, 3.63) is 37.5 Å². The first-order valence-corrected chi connectivity index (χ1v) is 3.01. The molecule has 8 nitrogen and oxygen atoms in total. The van der Waals surface area contributed by atoms with Gasteiger partial charge in [-0.1, -0.05) is 0 Å². The molecule has 0 aromatic carbocycles. The van der Waals surface area contributed by atoms with Crippen LogP contribution in [0.3, 0.4) is 0 Å². The summed E-state index contributed by atoms with van der Waals surface area (Å²) in [6, 6.07) is 0.773. The molecule has 0 aliphatic heterocycles. The summed E-state index contributed by atoms with van der Waals surface area (Å²) >= 11 is 0. The predicted octanol–water partition coefficient (Wildman–Crippen LogP) is -1.10. The van der Waals surface area contributed by atoms with Gasteiger partial charge in [-0.2, -0.15) is 0 Å². The molecular formula is C5H3N3O5. The lowest BCUT2D eigenvalue weighted by atomic mass is 10.4. The largest absolute Gasteiger partial charge is 0.385 e. The molecule has 0 spiro atoms. The minimum absolute atomic E-state index is 0.437. The third-order valence-corrected chi connectivity index (χ3v) is 1.10. The van der Waals surface area contributed by atoms with Gasteiger partial charge < -0.3 is 4.98 Å². The van der Waals surface area contributed by atoms with Crippen molar-refractivity contribution in [3.8, 4) is 0 Å². The first kappa shape index (κ1) is 8.84. The fourth-order valence-corrected chi connectivity index (χ4v) is 0.662. The van der Waals surface area contributed by atoms with Crippen molar-refractivity contribution in [1.82, 2.24) is 9.97 Å². The van der Waals surface area contributed by atoms with Crippen molar-refractivity contribution < 1.29 is 9.63 Å². The zero-order valence-corrected chi connectivity index (χ0v) is 6.07. The van der Waals surface area contributed by atoms with Crippen LogP contribution in [-0.2, 0) is 4.84 Å². The van der Waals surface area contributed by atoms with E-state index in [1.165, 1.54) is 0 Å². The molecule has 0 saturated heterocycles. The maximum atomic E-state index is 10.7. The van der Waals surface area contributed by atoms with Gasteiger partial charge in [0.15, 0.2) is 5.34 Å². The van der Waals surface area contributed by atoms with Crippen LogP contribution >= 0.6 is 0 Å². The third-order valence-electron chi connectivity index (χ3n) is 1.10. The number of hydrogen-bond donors (Lipinski definition) is 2. The molecule has 0 aliphatic rings. The summed E-state index contributed by atoms with van der Waals surface area (Å²) in [4.78, 5) is 48.8. The quantitative estimate of drug-likeness (QED) is 0.447. The van der Waals surface area contributed by atoms with Gasteiger partial charge in [0.05, 0.1) is 0 Å². The Labute approximate surface area is 69.5 Å². The molecule has 0 unspecified atom stereocenters. The Morgan fingerprint density at radius 2 is 2.08 bits per heavy atom. The first-order chi connectivity index (χ1) is 6.13. The first-order valence-electron chi connectivity index (χ1n) is 3.01. The van der Waals surface area contributed by atoms with E-state index in [4.69, 9.17) is 0 Å². The monoisotopic (exact) mass is 185 g/mol. The average molecular weight is 185 g/mol. The van der Waals surface area contributed by atoms with E-state index in [9.17, 15) is 19.3 Å². The Kier molecular flexibility index (Phi) is 2.33. The molecule has 1 aromatic heterocycles. The van der Waals surface area contributed by atoms with Gasteiger partial charge in [0.2, 0.25) is 0 Å². The standard InChI is InChI=1S/C5H3N3O5/c9-3-1-2(4(10)13-8-12)6-5(11)7-3/h1H,(H2,6,7,9,11). The zero-order valence-electron chi connectivity index (χ0n) is 6.07. The van der Waals surface area contributed by atoms with E-state index in [0.717, 1.165) is 6.07 Å². The smallest absolute Gasteiger partial charge is 0.301 e. The highest BCUT2D eigenvalue weighted by Gasteiger charge is 2.09. The lowest BCUT2D eigenvalue weighted by Crippen LogP contribution is -2.25. The van der Waals surface area contributed by atoms with Crippen molar-refractivity contribution in [3.63, 3.8) is 0 Å². The Hall–Kier alpha value is -2.25. The molecule has 0 atom stereocenters. The van der Waals surface area contributed by atoms with Crippen LogP contribution in [0, 0.1) is 4.91 Å². The Morgan fingerprint density at radius 1 is 1.38 bits per heavy atom. The highest BCUT2D eigenvalue weighted by atomic mass is 16.7. The molecule has 0 fully saturated rings. The van der Waals surface area contributed by atoms with Gasteiger partial charge in [-0.3, -0.25) is 14.6 Å². The number of carbonyl (C=O) groups is 1. The lowest BCUT2D eigenvalue weighted by molar-refractivity contribution is 0.0500. The van der Waals surface area contributed by atoms with E-state index in [2.05, 4.69) is 4.84 Å². The van der Waals surface area contributed by atoms with Crippen LogP contribution in [-0.4, -0.2) is 15.9 Å². The van der Waals surface area contributed by atoms with Gasteiger partial charge in [-0.15, -0.1) is 4.91 Å². The molecule has 1 rings (SSSR count). The molecule has 1 aromatic rings. The molecule has 8 heteroatoms. The van der Waals surface area contributed by atoms with Crippen LogP contribution in [0.4, 0.5) is 0 Å². The molecule has 0 aliphatic carbocycles. The molecule has 0 radical (unpaired) electrons.